The Morgan fingerprint density at radius 2 is 1.88 bits per heavy atom. The van der Waals surface area contributed by atoms with Gasteiger partial charge in [-0.25, -0.2) is 4.39 Å². The minimum absolute atomic E-state index is 0.225. The molecule has 0 spiro atoms. The molecule has 0 atom stereocenters. The Morgan fingerprint density at radius 3 is 2.59 bits per heavy atom. The predicted octanol–water partition coefficient (Wildman–Crippen LogP) is 3.75. The molecule has 2 rings (SSSR count). The summed E-state index contributed by atoms with van der Waals surface area (Å²) in [4.78, 5) is 0. The van der Waals surface area contributed by atoms with Gasteiger partial charge in [0.1, 0.15) is 6.61 Å². The van der Waals surface area contributed by atoms with E-state index in [1.54, 1.807) is 24.3 Å². The number of hydrogen-bond acceptors (Lipinski definition) is 2. The Kier molecular flexibility index (Phi) is 3.64. The van der Waals surface area contributed by atoms with Crippen molar-refractivity contribution >= 4 is 21.6 Å². The summed E-state index contributed by atoms with van der Waals surface area (Å²) in [7, 11) is 0. The first-order valence-electron chi connectivity index (χ1n) is 5.08. The van der Waals surface area contributed by atoms with E-state index >= 15 is 0 Å². The van der Waals surface area contributed by atoms with Crippen LogP contribution in [0.5, 0.6) is 5.75 Å². The van der Waals surface area contributed by atoms with E-state index in [9.17, 15) is 4.39 Å². The number of halogens is 2. The lowest BCUT2D eigenvalue weighted by Crippen LogP contribution is -2.02. The molecule has 2 nitrogen and oxygen atoms in total. The number of hydrogen-bond donors (Lipinski definition) is 1. The highest BCUT2D eigenvalue weighted by Gasteiger charge is 2.07. The number of nitrogens with two attached hydrogens (primary N) is 1. The monoisotopic (exact) mass is 295 g/mol. The molecule has 0 bridgehead atoms. The topological polar surface area (TPSA) is 35.2 Å². The number of para-hydroxylation sites is 1. The molecular formula is C13H11BrFNO. The van der Waals surface area contributed by atoms with E-state index in [1.165, 1.54) is 6.07 Å². The van der Waals surface area contributed by atoms with Gasteiger partial charge in [0, 0.05) is 15.7 Å². The number of rotatable bonds is 3. The maximum atomic E-state index is 13.3. The second-order valence-corrected chi connectivity index (χ2v) is 4.38. The van der Waals surface area contributed by atoms with Crippen molar-refractivity contribution in [3.8, 4) is 5.75 Å². The van der Waals surface area contributed by atoms with Crippen molar-refractivity contribution in [2.75, 3.05) is 5.73 Å². The molecule has 0 aliphatic rings. The van der Waals surface area contributed by atoms with Crippen molar-refractivity contribution in [1.29, 1.82) is 0 Å². The molecule has 0 heterocycles. The quantitative estimate of drug-likeness (QED) is 0.875. The summed E-state index contributed by atoms with van der Waals surface area (Å²) in [5.41, 5.74) is 7.26. The van der Waals surface area contributed by atoms with Gasteiger partial charge in [-0.05, 0) is 24.3 Å². The molecule has 4 heteroatoms. The summed E-state index contributed by atoms with van der Waals surface area (Å²) in [6.45, 7) is 0.230. The number of anilines is 1. The summed E-state index contributed by atoms with van der Waals surface area (Å²) in [6.07, 6.45) is 0. The SMILES string of the molecule is Nc1cccc(Br)c1COc1ccccc1F. The van der Waals surface area contributed by atoms with Crippen molar-refractivity contribution in [2.24, 2.45) is 0 Å². The van der Waals surface area contributed by atoms with Crippen LogP contribution < -0.4 is 10.5 Å². The van der Waals surface area contributed by atoms with E-state index in [-0.39, 0.29) is 18.2 Å². The van der Waals surface area contributed by atoms with E-state index in [2.05, 4.69) is 15.9 Å². The van der Waals surface area contributed by atoms with Crippen LogP contribution in [0, 0.1) is 5.82 Å². The van der Waals surface area contributed by atoms with Crippen LogP contribution in [0.15, 0.2) is 46.9 Å². The molecule has 0 aliphatic heterocycles. The predicted molar refractivity (Wildman–Crippen MR) is 69.3 cm³/mol. The van der Waals surface area contributed by atoms with Gasteiger partial charge < -0.3 is 10.5 Å². The van der Waals surface area contributed by atoms with Gasteiger partial charge in [-0.2, -0.15) is 0 Å². The molecule has 0 unspecified atom stereocenters. The Hall–Kier alpha value is -1.55. The number of benzene rings is 2. The van der Waals surface area contributed by atoms with Crippen molar-refractivity contribution in [1.82, 2.24) is 0 Å². The lowest BCUT2D eigenvalue weighted by Gasteiger charge is -2.10. The van der Waals surface area contributed by atoms with Crippen LogP contribution in [0.25, 0.3) is 0 Å². The molecule has 0 saturated carbocycles. The van der Waals surface area contributed by atoms with Gasteiger partial charge in [0.15, 0.2) is 11.6 Å². The maximum Gasteiger partial charge on any atom is 0.165 e. The first-order chi connectivity index (χ1) is 8.18. The third kappa shape index (κ3) is 2.77. The Bertz CT molecular complexity index is 510. The first-order valence-corrected chi connectivity index (χ1v) is 5.88. The molecule has 0 aliphatic carbocycles. The molecule has 2 aromatic rings. The third-order valence-corrected chi connectivity index (χ3v) is 3.11. The zero-order valence-corrected chi connectivity index (χ0v) is 10.6. The summed E-state index contributed by atoms with van der Waals surface area (Å²) in [5.74, 6) is -0.152. The van der Waals surface area contributed by atoms with Crippen LogP contribution in [0.3, 0.4) is 0 Å². The van der Waals surface area contributed by atoms with Crippen molar-refractivity contribution < 1.29 is 9.13 Å². The molecule has 88 valence electrons. The molecule has 0 amide bonds. The molecule has 2 aromatic carbocycles. The van der Waals surface area contributed by atoms with Crippen LogP contribution in [0.1, 0.15) is 5.56 Å². The second-order valence-electron chi connectivity index (χ2n) is 3.53. The van der Waals surface area contributed by atoms with E-state index in [1.807, 2.05) is 12.1 Å². The minimum Gasteiger partial charge on any atom is -0.486 e. The normalized spacial score (nSPS) is 10.2. The molecule has 2 N–H and O–H groups in total. The van der Waals surface area contributed by atoms with E-state index in [4.69, 9.17) is 10.5 Å². The van der Waals surface area contributed by atoms with Gasteiger partial charge >= 0.3 is 0 Å². The largest absolute Gasteiger partial charge is 0.486 e. The fourth-order valence-electron chi connectivity index (χ4n) is 1.44. The Labute approximate surface area is 107 Å². The zero-order chi connectivity index (χ0) is 12.3. The number of ether oxygens (including phenoxy) is 1. The standard InChI is InChI=1S/C13H11BrFNO/c14-10-4-3-6-12(16)9(10)8-17-13-7-2-1-5-11(13)15/h1-7H,8,16H2. The van der Waals surface area contributed by atoms with Gasteiger partial charge in [-0.3, -0.25) is 0 Å². The van der Waals surface area contributed by atoms with Crippen LogP contribution in [0.4, 0.5) is 10.1 Å². The highest BCUT2D eigenvalue weighted by atomic mass is 79.9. The van der Waals surface area contributed by atoms with Crippen LogP contribution >= 0.6 is 15.9 Å². The zero-order valence-electron chi connectivity index (χ0n) is 8.99. The van der Waals surface area contributed by atoms with Gasteiger partial charge in [0.25, 0.3) is 0 Å². The Morgan fingerprint density at radius 1 is 1.12 bits per heavy atom. The highest BCUT2D eigenvalue weighted by Crippen LogP contribution is 2.25. The van der Waals surface area contributed by atoms with Crippen molar-refractivity contribution in [2.45, 2.75) is 6.61 Å². The smallest absolute Gasteiger partial charge is 0.165 e. The lowest BCUT2D eigenvalue weighted by molar-refractivity contribution is 0.290. The fourth-order valence-corrected chi connectivity index (χ4v) is 1.94. The second kappa shape index (κ2) is 5.19. The van der Waals surface area contributed by atoms with Crippen molar-refractivity contribution in [3.63, 3.8) is 0 Å². The van der Waals surface area contributed by atoms with Crippen molar-refractivity contribution in [3.05, 3.63) is 58.3 Å². The van der Waals surface area contributed by atoms with Crippen LogP contribution in [0.2, 0.25) is 0 Å². The molecule has 17 heavy (non-hydrogen) atoms. The summed E-state index contributed by atoms with van der Waals surface area (Å²) < 4.78 is 19.6. The molecule has 0 fully saturated rings. The van der Waals surface area contributed by atoms with Gasteiger partial charge in [0.2, 0.25) is 0 Å². The molecular weight excluding hydrogens is 285 g/mol. The van der Waals surface area contributed by atoms with Crippen LogP contribution in [-0.2, 0) is 6.61 Å². The average Bonchev–Trinajstić information content (AvgIpc) is 2.30. The van der Waals surface area contributed by atoms with Gasteiger partial charge in [-0.15, -0.1) is 0 Å². The Balaban J connectivity index is 2.16. The van der Waals surface area contributed by atoms with E-state index < -0.39 is 0 Å². The molecule has 0 radical (unpaired) electrons. The lowest BCUT2D eigenvalue weighted by atomic mass is 10.2. The highest BCUT2D eigenvalue weighted by molar-refractivity contribution is 9.10. The van der Waals surface area contributed by atoms with Gasteiger partial charge in [-0.1, -0.05) is 34.1 Å². The molecule has 0 saturated heterocycles. The summed E-state index contributed by atoms with van der Waals surface area (Å²) >= 11 is 3.39. The first kappa shape index (κ1) is 11.9. The molecule has 0 aromatic heterocycles. The van der Waals surface area contributed by atoms with Crippen LogP contribution in [-0.4, -0.2) is 0 Å². The maximum absolute atomic E-state index is 13.3. The van der Waals surface area contributed by atoms with E-state index in [0.29, 0.717) is 5.69 Å². The van der Waals surface area contributed by atoms with E-state index in [0.717, 1.165) is 10.0 Å². The van der Waals surface area contributed by atoms with Gasteiger partial charge in [0.05, 0.1) is 0 Å². The number of nitrogen functional groups attached to an aromatic ring is 1. The summed E-state index contributed by atoms with van der Waals surface area (Å²) in [5, 5.41) is 0. The average molecular weight is 296 g/mol. The fraction of sp³-hybridized carbons (Fsp3) is 0.0769. The minimum atomic E-state index is -0.377. The summed E-state index contributed by atoms with van der Waals surface area (Å²) in [6, 6.07) is 11.8. The third-order valence-electron chi connectivity index (χ3n) is 2.36.